The van der Waals surface area contributed by atoms with E-state index >= 15 is 0 Å². The molecule has 0 spiro atoms. The van der Waals surface area contributed by atoms with E-state index in [1.807, 2.05) is 18.3 Å². The third-order valence-corrected chi connectivity index (χ3v) is 3.00. The minimum Gasteiger partial charge on any atom is -0.365 e. The van der Waals surface area contributed by atoms with Gasteiger partial charge in [0.25, 0.3) is 5.91 Å². The quantitative estimate of drug-likeness (QED) is 0.845. The number of aromatic amines is 1. The summed E-state index contributed by atoms with van der Waals surface area (Å²) in [6, 6.07) is 7.42. The van der Waals surface area contributed by atoms with E-state index in [-0.39, 0.29) is 5.91 Å². The lowest BCUT2D eigenvalue weighted by molar-refractivity contribution is 0.0796. The number of aromatic nitrogens is 2. The normalized spacial score (nSPS) is 10.4. The van der Waals surface area contributed by atoms with Gasteiger partial charge in [-0.1, -0.05) is 0 Å². The van der Waals surface area contributed by atoms with Crippen LogP contribution in [0.25, 0.3) is 0 Å². The number of rotatable bonds is 5. The molecular formula is C14H18N4O. The molecule has 2 aromatic rings. The zero-order chi connectivity index (χ0) is 13.7. The van der Waals surface area contributed by atoms with Crippen LogP contribution in [0.5, 0.6) is 0 Å². The zero-order valence-corrected chi connectivity index (χ0v) is 11.0. The summed E-state index contributed by atoms with van der Waals surface area (Å²) in [6.45, 7) is 1.01. The Morgan fingerprint density at radius 3 is 3.00 bits per heavy atom. The van der Waals surface area contributed by atoms with Crippen LogP contribution in [0.2, 0.25) is 0 Å². The Kier molecular flexibility index (Phi) is 4.30. The van der Waals surface area contributed by atoms with Crippen LogP contribution in [0.3, 0.4) is 0 Å². The predicted molar refractivity (Wildman–Crippen MR) is 73.6 cm³/mol. The average Bonchev–Trinajstić information content (AvgIpc) is 2.97. The minimum absolute atomic E-state index is 0.0105. The van der Waals surface area contributed by atoms with Crippen molar-refractivity contribution in [3.63, 3.8) is 0 Å². The van der Waals surface area contributed by atoms with E-state index in [0.717, 1.165) is 17.8 Å². The first-order valence-corrected chi connectivity index (χ1v) is 6.23. The third kappa shape index (κ3) is 3.42. The molecule has 3 N–H and O–H groups in total. The van der Waals surface area contributed by atoms with Gasteiger partial charge >= 0.3 is 0 Å². The predicted octanol–water partition coefficient (Wildman–Crippen LogP) is 1.18. The molecule has 0 fully saturated rings. The number of nitrogens with zero attached hydrogens (tertiary/aromatic N) is 2. The number of carbonyl (C=O) groups excluding carboxylic acids is 1. The molecule has 2 heterocycles. The molecule has 19 heavy (non-hydrogen) atoms. The second kappa shape index (κ2) is 6.15. The van der Waals surface area contributed by atoms with E-state index < -0.39 is 0 Å². The summed E-state index contributed by atoms with van der Waals surface area (Å²) in [5.41, 5.74) is 8.00. The van der Waals surface area contributed by atoms with Crippen molar-refractivity contribution in [1.29, 1.82) is 0 Å². The number of amides is 1. The van der Waals surface area contributed by atoms with Crippen LogP contribution in [0.15, 0.2) is 36.7 Å². The summed E-state index contributed by atoms with van der Waals surface area (Å²) >= 11 is 0. The lowest BCUT2D eigenvalue weighted by atomic mass is 10.2. The Balaban J connectivity index is 1.97. The summed E-state index contributed by atoms with van der Waals surface area (Å²) in [7, 11) is 1.80. The van der Waals surface area contributed by atoms with Crippen LogP contribution >= 0.6 is 0 Å². The van der Waals surface area contributed by atoms with Gasteiger partial charge in [-0.15, -0.1) is 0 Å². The largest absolute Gasteiger partial charge is 0.365 e. The Labute approximate surface area is 112 Å². The molecule has 0 aliphatic carbocycles. The van der Waals surface area contributed by atoms with Crippen LogP contribution in [-0.2, 0) is 13.0 Å². The molecule has 0 aromatic carbocycles. The first-order valence-electron chi connectivity index (χ1n) is 6.23. The van der Waals surface area contributed by atoms with E-state index in [1.54, 1.807) is 30.3 Å². The Morgan fingerprint density at radius 1 is 1.47 bits per heavy atom. The lowest BCUT2D eigenvalue weighted by Gasteiger charge is -2.17. The number of hydrogen-bond donors (Lipinski definition) is 2. The molecule has 2 aromatic heterocycles. The maximum atomic E-state index is 12.2. The van der Waals surface area contributed by atoms with Gasteiger partial charge in [0.2, 0.25) is 0 Å². The molecule has 0 aliphatic heterocycles. The van der Waals surface area contributed by atoms with Crippen LogP contribution in [0.4, 0.5) is 0 Å². The van der Waals surface area contributed by atoms with Crippen molar-refractivity contribution in [2.45, 2.75) is 13.0 Å². The minimum atomic E-state index is -0.0105. The first kappa shape index (κ1) is 13.3. The standard InChI is InChI=1S/C14H18N4O/c1-18(8-5-12-3-2-6-16-12)14(19)11-4-7-17-13(9-11)10-15/h2-4,6-7,9,16H,5,8,10,15H2,1H3. The summed E-state index contributed by atoms with van der Waals surface area (Å²) < 4.78 is 0. The number of nitrogens with one attached hydrogen (secondary N) is 1. The van der Waals surface area contributed by atoms with Crippen molar-refractivity contribution in [3.05, 3.63) is 53.6 Å². The average molecular weight is 258 g/mol. The van der Waals surface area contributed by atoms with E-state index in [0.29, 0.717) is 18.7 Å². The van der Waals surface area contributed by atoms with Crippen LogP contribution in [-0.4, -0.2) is 34.4 Å². The van der Waals surface area contributed by atoms with Crippen LogP contribution in [0.1, 0.15) is 21.7 Å². The molecular weight excluding hydrogens is 240 g/mol. The molecule has 1 amide bonds. The Bertz CT molecular complexity index is 536. The monoisotopic (exact) mass is 258 g/mol. The lowest BCUT2D eigenvalue weighted by Crippen LogP contribution is -2.29. The van der Waals surface area contributed by atoms with Gasteiger partial charge in [-0.3, -0.25) is 9.78 Å². The molecule has 0 saturated carbocycles. The van der Waals surface area contributed by atoms with Crippen LogP contribution < -0.4 is 5.73 Å². The van der Waals surface area contributed by atoms with E-state index in [9.17, 15) is 4.79 Å². The number of likely N-dealkylation sites (N-methyl/N-ethyl adjacent to an activating group) is 1. The zero-order valence-electron chi connectivity index (χ0n) is 11.0. The Morgan fingerprint density at radius 2 is 2.32 bits per heavy atom. The van der Waals surface area contributed by atoms with Gasteiger partial charge in [-0.05, 0) is 24.3 Å². The van der Waals surface area contributed by atoms with E-state index in [2.05, 4.69) is 9.97 Å². The topological polar surface area (TPSA) is 75.0 Å². The second-order valence-corrected chi connectivity index (χ2v) is 4.41. The number of H-pyrrole nitrogens is 1. The summed E-state index contributed by atoms with van der Waals surface area (Å²) in [4.78, 5) is 21.1. The molecule has 0 bridgehead atoms. The summed E-state index contributed by atoms with van der Waals surface area (Å²) in [5.74, 6) is -0.0105. The summed E-state index contributed by atoms with van der Waals surface area (Å²) in [5, 5.41) is 0. The van der Waals surface area contributed by atoms with E-state index in [4.69, 9.17) is 5.73 Å². The van der Waals surface area contributed by atoms with Gasteiger partial charge < -0.3 is 15.6 Å². The number of carbonyl (C=O) groups is 1. The molecule has 0 atom stereocenters. The molecule has 100 valence electrons. The van der Waals surface area contributed by atoms with Crippen LogP contribution in [0, 0.1) is 0 Å². The Hall–Kier alpha value is -2.14. The van der Waals surface area contributed by atoms with Crippen molar-refractivity contribution in [2.24, 2.45) is 5.73 Å². The number of pyridine rings is 1. The fourth-order valence-electron chi connectivity index (χ4n) is 1.86. The molecule has 5 nitrogen and oxygen atoms in total. The van der Waals surface area contributed by atoms with Gasteiger partial charge in [0.1, 0.15) is 0 Å². The fourth-order valence-corrected chi connectivity index (χ4v) is 1.86. The highest BCUT2D eigenvalue weighted by Crippen LogP contribution is 2.06. The van der Waals surface area contributed by atoms with Crippen molar-refractivity contribution >= 4 is 5.91 Å². The molecule has 0 radical (unpaired) electrons. The van der Waals surface area contributed by atoms with Crippen molar-refractivity contribution in [3.8, 4) is 0 Å². The maximum absolute atomic E-state index is 12.2. The third-order valence-electron chi connectivity index (χ3n) is 3.00. The highest BCUT2D eigenvalue weighted by atomic mass is 16.2. The van der Waals surface area contributed by atoms with Gasteiger partial charge in [-0.2, -0.15) is 0 Å². The highest BCUT2D eigenvalue weighted by Gasteiger charge is 2.12. The summed E-state index contributed by atoms with van der Waals surface area (Å²) in [6.07, 6.45) is 4.31. The van der Waals surface area contributed by atoms with E-state index in [1.165, 1.54) is 0 Å². The van der Waals surface area contributed by atoms with Gasteiger partial charge in [0, 0.05) is 50.2 Å². The van der Waals surface area contributed by atoms with Crippen molar-refractivity contribution in [1.82, 2.24) is 14.9 Å². The molecule has 2 rings (SSSR count). The van der Waals surface area contributed by atoms with Gasteiger partial charge in [0.05, 0.1) is 5.69 Å². The smallest absolute Gasteiger partial charge is 0.253 e. The molecule has 0 saturated heterocycles. The second-order valence-electron chi connectivity index (χ2n) is 4.41. The molecule has 0 unspecified atom stereocenters. The molecule has 5 heteroatoms. The number of hydrogen-bond acceptors (Lipinski definition) is 3. The maximum Gasteiger partial charge on any atom is 0.253 e. The van der Waals surface area contributed by atoms with Crippen molar-refractivity contribution in [2.75, 3.05) is 13.6 Å². The highest BCUT2D eigenvalue weighted by molar-refractivity contribution is 5.94. The van der Waals surface area contributed by atoms with Gasteiger partial charge in [-0.25, -0.2) is 0 Å². The number of nitrogens with two attached hydrogens (primary N) is 1. The SMILES string of the molecule is CN(CCc1ccc[nH]1)C(=O)c1ccnc(CN)c1. The van der Waals surface area contributed by atoms with Crippen molar-refractivity contribution < 1.29 is 4.79 Å². The first-order chi connectivity index (χ1) is 9.20. The van der Waals surface area contributed by atoms with Gasteiger partial charge in [0.15, 0.2) is 0 Å². The fraction of sp³-hybridized carbons (Fsp3) is 0.286. The molecule has 0 aliphatic rings.